The van der Waals surface area contributed by atoms with Crippen LogP contribution in [0.4, 0.5) is 5.13 Å². The van der Waals surface area contributed by atoms with Crippen molar-refractivity contribution in [1.82, 2.24) is 15.1 Å². The summed E-state index contributed by atoms with van der Waals surface area (Å²) < 4.78 is 5.25. The summed E-state index contributed by atoms with van der Waals surface area (Å²) in [7, 11) is 1.61. The monoisotopic (exact) mass is 466 g/mol. The van der Waals surface area contributed by atoms with Crippen molar-refractivity contribution in [2.45, 2.75) is 45.6 Å². The molecule has 1 N–H and O–H groups in total. The second-order valence-electron chi connectivity index (χ2n) is 7.77. The fraction of sp³-hybridized carbons (Fsp3) is 0.360. The Morgan fingerprint density at radius 1 is 1.09 bits per heavy atom. The molecule has 0 unspecified atom stereocenters. The van der Waals surface area contributed by atoms with Gasteiger partial charge in [-0.15, -0.1) is 10.2 Å². The molecule has 3 aromatic rings. The van der Waals surface area contributed by atoms with Gasteiger partial charge in [-0.1, -0.05) is 60.7 Å². The van der Waals surface area contributed by atoms with E-state index in [-0.39, 0.29) is 24.3 Å². The largest absolute Gasteiger partial charge is 0.497 e. The SMILES string of the molecule is CC[C@@H](C)N(CCC(=O)Nc1nnc(-c2cccc(OC)c2)s1)C(=O)CCc1ccccc1. The van der Waals surface area contributed by atoms with Crippen molar-refractivity contribution in [3.05, 3.63) is 60.2 Å². The Balaban J connectivity index is 1.54. The van der Waals surface area contributed by atoms with Crippen molar-refractivity contribution in [2.24, 2.45) is 0 Å². The first-order valence-corrected chi connectivity index (χ1v) is 11.9. The van der Waals surface area contributed by atoms with Gasteiger partial charge in [0.1, 0.15) is 10.8 Å². The Bertz CT molecular complexity index is 1050. The number of carbonyl (C=O) groups excluding carboxylic acids is 2. The summed E-state index contributed by atoms with van der Waals surface area (Å²) in [6.45, 7) is 4.43. The lowest BCUT2D eigenvalue weighted by molar-refractivity contribution is -0.133. The molecule has 3 rings (SSSR count). The number of benzene rings is 2. The summed E-state index contributed by atoms with van der Waals surface area (Å²) in [6, 6.07) is 17.6. The van der Waals surface area contributed by atoms with Gasteiger partial charge in [-0.3, -0.25) is 9.59 Å². The zero-order valence-corrected chi connectivity index (χ0v) is 20.1. The number of hydrogen-bond donors (Lipinski definition) is 1. The molecule has 1 atom stereocenters. The fourth-order valence-electron chi connectivity index (χ4n) is 3.40. The van der Waals surface area contributed by atoms with E-state index in [1.54, 1.807) is 7.11 Å². The van der Waals surface area contributed by atoms with E-state index in [0.29, 0.717) is 29.5 Å². The van der Waals surface area contributed by atoms with Crippen molar-refractivity contribution in [1.29, 1.82) is 0 Å². The molecule has 0 radical (unpaired) electrons. The second-order valence-corrected chi connectivity index (χ2v) is 8.75. The number of ether oxygens (including phenoxy) is 1. The van der Waals surface area contributed by atoms with Gasteiger partial charge in [0.05, 0.1) is 7.11 Å². The molecule has 0 bridgehead atoms. The van der Waals surface area contributed by atoms with Gasteiger partial charge in [0.25, 0.3) is 0 Å². The number of hydrogen-bond acceptors (Lipinski definition) is 6. The van der Waals surface area contributed by atoms with Crippen LogP contribution in [0.1, 0.15) is 38.7 Å². The van der Waals surface area contributed by atoms with Crippen molar-refractivity contribution in [3.8, 4) is 16.3 Å². The summed E-state index contributed by atoms with van der Waals surface area (Å²) in [4.78, 5) is 27.2. The van der Waals surface area contributed by atoms with Crippen LogP contribution < -0.4 is 10.1 Å². The molecule has 0 aliphatic heterocycles. The molecule has 0 aliphatic carbocycles. The summed E-state index contributed by atoms with van der Waals surface area (Å²) in [5.41, 5.74) is 2.01. The van der Waals surface area contributed by atoms with E-state index < -0.39 is 0 Å². The molecule has 0 saturated heterocycles. The Kier molecular flexibility index (Phi) is 8.95. The average Bonchev–Trinajstić information content (AvgIpc) is 3.31. The number of aromatic nitrogens is 2. The zero-order chi connectivity index (χ0) is 23.6. The van der Waals surface area contributed by atoms with E-state index >= 15 is 0 Å². The molecule has 0 aliphatic rings. The molecule has 33 heavy (non-hydrogen) atoms. The number of aryl methyl sites for hydroxylation is 1. The number of rotatable bonds is 11. The van der Waals surface area contributed by atoms with Gasteiger partial charge in [0.2, 0.25) is 16.9 Å². The molecule has 7 nitrogen and oxygen atoms in total. The normalized spacial score (nSPS) is 11.6. The van der Waals surface area contributed by atoms with Gasteiger partial charge in [-0.25, -0.2) is 0 Å². The topological polar surface area (TPSA) is 84.4 Å². The van der Waals surface area contributed by atoms with Gasteiger partial charge in [-0.2, -0.15) is 0 Å². The van der Waals surface area contributed by atoms with E-state index in [1.807, 2.05) is 73.3 Å². The minimum Gasteiger partial charge on any atom is -0.497 e. The van der Waals surface area contributed by atoms with Gasteiger partial charge in [-0.05, 0) is 37.5 Å². The van der Waals surface area contributed by atoms with E-state index in [9.17, 15) is 9.59 Å². The molecular weight excluding hydrogens is 436 g/mol. The first-order valence-electron chi connectivity index (χ1n) is 11.1. The first kappa shape index (κ1) is 24.4. The van der Waals surface area contributed by atoms with Crippen LogP contribution in [0.25, 0.3) is 10.6 Å². The minimum atomic E-state index is -0.187. The third-order valence-corrected chi connectivity index (χ3v) is 6.37. The lowest BCUT2D eigenvalue weighted by Crippen LogP contribution is -2.40. The molecule has 174 valence electrons. The highest BCUT2D eigenvalue weighted by Gasteiger charge is 2.20. The lowest BCUT2D eigenvalue weighted by atomic mass is 10.1. The van der Waals surface area contributed by atoms with Crippen molar-refractivity contribution in [2.75, 3.05) is 19.0 Å². The summed E-state index contributed by atoms with van der Waals surface area (Å²) >= 11 is 1.30. The Morgan fingerprint density at radius 3 is 2.61 bits per heavy atom. The lowest BCUT2D eigenvalue weighted by Gasteiger charge is -2.28. The highest BCUT2D eigenvalue weighted by Crippen LogP contribution is 2.28. The van der Waals surface area contributed by atoms with Crippen LogP contribution in [0.3, 0.4) is 0 Å². The molecule has 2 amide bonds. The maximum atomic E-state index is 12.9. The summed E-state index contributed by atoms with van der Waals surface area (Å²) in [5.74, 6) is 0.611. The van der Waals surface area contributed by atoms with Crippen molar-refractivity contribution in [3.63, 3.8) is 0 Å². The molecule has 8 heteroatoms. The van der Waals surface area contributed by atoms with Crippen molar-refractivity contribution >= 4 is 28.3 Å². The van der Waals surface area contributed by atoms with Crippen LogP contribution in [-0.4, -0.2) is 46.6 Å². The van der Waals surface area contributed by atoms with Crippen molar-refractivity contribution < 1.29 is 14.3 Å². The van der Waals surface area contributed by atoms with Crippen LogP contribution >= 0.6 is 11.3 Å². The highest BCUT2D eigenvalue weighted by molar-refractivity contribution is 7.18. The van der Waals surface area contributed by atoms with Crippen LogP contribution in [0.5, 0.6) is 5.75 Å². The Labute approximate surface area is 198 Å². The van der Waals surface area contributed by atoms with Gasteiger partial charge >= 0.3 is 0 Å². The number of nitrogens with one attached hydrogen (secondary N) is 1. The van der Waals surface area contributed by atoms with E-state index in [4.69, 9.17) is 4.74 Å². The van der Waals surface area contributed by atoms with Crippen LogP contribution in [0.2, 0.25) is 0 Å². The molecular formula is C25H30N4O3S. The quantitative estimate of drug-likeness (QED) is 0.439. The van der Waals surface area contributed by atoms with E-state index in [0.717, 1.165) is 23.3 Å². The molecule has 0 fully saturated rings. The summed E-state index contributed by atoms with van der Waals surface area (Å²) in [5, 5.41) is 12.2. The maximum absolute atomic E-state index is 12.9. The maximum Gasteiger partial charge on any atom is 0.227 e. The van der Waals surface area contributed by atoms with Gasteiger partial charge in [0.15, 0.2) is 0 Å². The van der Waals surface area contributed by atoms with E-state index in [2.05, 4.69) is 15.5 Å². The highest BCUT2D eigenvalue weighted by atomic mass is 32.1. The third-order valence-electron chi connectivity index (χ3n) is 5.48. The number of carbonyl (C=O) groups is 2. The Morgan fingerprint density at radius 2 is 1.88 bits per heavy atom. The minimum absolute atomic E-state index is 0.0669. The molecule has 0 saturated carbocycles. The zero-order valence-electron chi connectivity index (χ0n) is 19.3. The van der Waals surface area contributed by atoms with Crippen LogP contribution in [0, 0.1) is 0 Å². The number of nitrogens with zero attached hydrogens (tertiary/aromatic N) is 3. The number of methoxy groups -OCH3 is 1. The standard InChI is InChI=1S/C25H30N4O3S/c1-4-18(2)29(23(31)14-13-19-9-6-5-7-10-19)16-15-22(30)26-25-28-27-24(33-25)20-11-8-12-21(17-20)32-3/h5-12,17-18H,4,13-16H2,1-3H3,(H,26,28,30)/t18-/m1/s1. The molecule has 2 aromatic carbocycles. The third kappa shape index (κ3) is 7.12. The average molecular weight is 467 g/mol. The van der Waals surface area contributed by atoms with E-state index in [1.165, 1.54) is 11.3 Å². The van der Waals surface area contributed by atoms with Gasteiger partial charge in [0, 0.05) is 31.0 Å². The summed E-state index contributed by atoms with van der Waals surface area (Å²) in [6.07, 6.45) is 2.15. The molecule has 1 aromatic heterocycles. The first-order chi connectivity index (χ1) is 16.0. The predicted octanol–water partition coefficient (Wildman–Crippen LogP) is 4.80. The molecule has 0 spiro atoms. The smallest absolute Gasteiger partial charge is 0.227 e. The van der Waals surface area contributed by atoms with Gasteiger partial charge < -0.3 is 15.0 Å². The fourth-order valence-corrected chi connectivity index (χ4v) is 4.16. The number of anilines is 1. The Hall–Kier alpha value is -3.26. The number of amides is 2. The predicted molar refractivity (Wildman–Crippen MR) is 131 cm³/mol. The second kappa shape index (κ2) is 12.1. The van der Waals surface area contributed by atoms with Crippen LogP contribution in [-0.2, 0) is 16.0 Å². The van der Waals surface area contributed by atoms with Crippen LogP contribution in [0.15, 0.2) is 54.6 Å². The molecule has 1 heterocycles.